The number of carbonyl (C=O) groups excluding carboxylic acids is 1. The Balaban J connectivity index is 1.88. The van der Waals surface area contributed by atoms with Gasteiger partial charge in [-0.25, -0.2) is 4.99 Å². The maximum absolute atomic E-state index is 11.3. The number of halogens is 1. The van der Waals surface area contributed by atoms with Gasteiger partial charge < -0.3 is 4.74 Å². The number of hydrogen-bond acceptors (Lipinski definition) is 6. The third-order valence-corrected chi connectivity index (χ3v) is 4.45. The summed E-state index contributed by atoms with van der Waals surface area (Å²) in [5.41, 5.74) is 4.92. The molecule has 0 spiro atoms. The molecule has 8 nitrogen and oxygen atoms in total. The number of amidine groups is 1. The summed E-state index contributed by atoms with van der Waals surface area (Å²) in [6, 6.07) is 20.3. The van der Waals surface area contributed by atoms with E-state index < -0.39 is 10.9 Å². The number of nitrogens with zero attached hydrogens (tertiary/aromatic N) is 3. The lowest BCUT2D eigenvalue weighted by molar-refractivity contribution is -0.384. The molecule has 0 saturated heterocycles. The van der Waals surface area contributed by atoms with Crippen LogP contribution in [-0.4, -0.2) is 22.9 Å². The highest BCUT2D eigenvalue weighted by Crippen LogP contribution is 2.20. The Morgan fingerprint density at radius 3 is 2.45 bits per heavy atom. The number of hydrazone groups is 1. The Morgan fingerprint density at radius 2 is 1.81 bits per heavy atom. The van der Waals surface area contributed by atoms with Crippen molar-refractivity contribution in [1.82, 2.24) is 5.43 Å². The van der Waals surface area contributed by atoms with Gasteiger partial charge in [-0.05, 0) is 54.1 Å². The summed E-state index contributed by atoms with van der Waals surface area (Å²) in [4.78, 5) is 26.2. The summed E-state index contributed by atoms with van der Waals surface area (Å²) in [7, 11) is 0. The third kappa shape index (κ3) is 6.58. The molecule has 0 unspecified atom stereocenters. The Bertz CT molecular complexity index is 1140. The number of non-ortho nitro benzene ring substituents is 1. The van der Waals surface area contributed by atoms with Crippen LogP contribution in [-0.2, 0) is 4.79 Å². The van der Waals surface area contributed by atoms with Crippen molar-refractivity contribution in [3.8, 4) is 5.75 Å². The minimum absolute atomic E-state index is 0.00452. The number of nitro benzene ring substituents is 1. The van der Waals surface area contributed by atoms with Gasteiger partial charge in [-0.2, -0.15) is 5.10 Å². The van der Waals surface area contributed by atoms with E-state index in [1.807, 2.05) is 24.3 Å². The van der Waals surface area contributed by atoms with Crippen LogP contribution in [0.3, 0.4) is 0 Å². The van der Waals surface area contributed by atoms with E-state index in [1.54, 1.807) is 36.4 Å². The van der Waals surface area contributed by atoms with Crippen molar-refractivity contribution in [2.75, 3.05) is 0 Å². The number of nitro groups is 1. The zero-order chi connectivity index (χ0) is 22.2. The smallest absolute Gasteiger partial charge is 0.308 e. The van der Waals surface area contributed by atoms with Gasteiger partial charge in [0.1, 0.15) is 5.75 Å². The molecule has 156 valence electrons. The van der Waals surface area contributed by atoms with E-state index in [4.69, 9.17) is 4.74 Å². The summed E-state index contributed by atoms with van der Waals surface area (Å²) >= 11 is 3.39. The third-order valence-electron chi connectivity index (χ3n) is 3.92. The van der Waals surface area contributed by atoms with E-state index in [0.29, 0.717) is 28.4 Å². The quantitative estimate of drug-likeness (QED) is 0.133. The second-order valence-corrected chi connectivity index (χ2v) is 7.19. The Hall–Kier alpha value is -3.85. The van der Waals surface area contributed by atoms with Gasteiger partial charge in [0.2, 0.25) is 0 Å². The lowest BCUT2D eigenvalue weighted by Crippen LogP contribution is -2.19. The van der Waals surface area contributed by atoms with Gasteiger partial charge in [0.05, 0.1) is 16.8 Å². The van der Waals surface area contributed by atoms with Crippen molar-refractivity contribution < 1.29 is 14.5 Å². The molecule has 0 radical (unpaired) electrons. The van der Waals surface area contributed by atoms with E-state index in [1.165, 1.54) is 25.3 Å². The van der Waals surface area contributed by atoms with Gasteiger partial charge in [-0.3, -0.25) is 20.3 Å². The molecular formula is C22H17BrN4O4. The fraction of sp³-hybridized carbons (Fsp3) is 0.0455. The number of hydrogen-bond donors (Lipinski definition) is 1. The number of benzene rings is 3. The first-order valence-electron chi connectivity index (χ1n) is 9.07. The van der Waals surface area contributed by atoms with Crippen LogP contribution in [0.1, 0.15) is 18.1 Å². The molecule has 0 amide bonds. The lowest BCUT2D eigenvalue weighted by Gasteiger charge is -2.08. The largest absolute Gasteiger partial charge is 0.427 e. The number of aliphatic imine (C=N–C) groups is 1. The van der Waals surface area contributed by atoms with Crippen LogP contribution in [0.15, 0.2) is 87.4 Å². The van der Waals surface area contributed by atoms with E-state index in [2.05, 4.69) is 31.4 Å². The van der Waals surface area contributed by atoms with E-state index >= 15 is 0 Å². The van der Waals surface area contributed by atoms with Crippen LogP contribution in [0.25, 0.3) is 0 Å². The van der Waals surface area contributed by atoms with Gasteiger partial charge >= 0.3 is 5.97 Å². The van der Waals surface area contributed by atoms with Crippen LogP contribution >= 0.6 is 15.9 Å². The normalized spacial score (nSPS) is 11.4. The molecule has 0 aliphatic heterocycles. The summed E-state index contributed by atoms with van der Waals surface area (Å²) in [6.07, 6.45) is 1.52. The molecule has 0 aromatic heterocycles. The molecule has 0 aliphatic rings. The first kappa shape index (κ1) is 21.8. The second-order valence-electron chi connectivity index (χ2n) is 6.28. The van der Waals surface area contributed by atoms with Crippen molar-refractivity contribution in [2.24, 2.45) is 10.1 Å². The molecule has 0 aliphatic carbocycles. The lowest BCUT2D eigenvalue weighted by atomic mass is 10.2. The van der Waals surface area contributed by atoms with Crippen LogP contribution in [0.5, 0.6) is 5.75 Å². The Labute approximate surface area is 186 Å². The molecule has 0 bridgehead atoms. The minimum Gasteiger partial charge on any atom is -0.427 e. The first-order chi connectivity index (χ1) is 14.9. The standard InChI is InChI=1S/C22H17BrN4O4/c1-15(28)31-21-4-2-3-17(13-21)22(25-19-9-7-18(23)8-10-19)26-24-14-16-5-11-20(12-6-16)27(29)30/h2-14H,1H3,(H,25,26)/b24-14+. The van der Waals surface area contributed by atoms with Crippen LogP contribution in [0.2, 0.25) is 0 Å². The summed E-state index contributed by atoms with van der Waals surface area (Å²) in [5.74, 6) is 0.386. The maximum atomic E-state index is 11.3. The second kappa shape index (κ2) is 10.3. The molecule has 3 aromatic rings. The SMILES string of the molecule is CC(=O)Oc1cccc(C(=Nc2ccc(Br)cc2)N/N=C/c2ccc([N+](=O)[O-])cc2)c1. The van der Waals surface area contributed by atoms with Crippen LogP contribution in [0.4, 0.5) is 11.4 Å². The molecule has 0 saturated carbocycles. The van der Waals surface area contributed by atoms with Gasteiger partial charge in [-0.1, -0.05) is 28.1 Å². The number of esters is 1. The van der Waals surface area contributed by atoms with Gasteiger partial charge in [-0.15, -0.1) is 0 Å². The van der Waals surface area contributed by atoms with Crippen molar-refractivity contribution in [1.29, 1.82) is 0 Å². The Morgan fingerprint density at radius 1 is 1.10 bits per heavy atom. The molecule has 1 N–H and O–H groups in total. The first-order valence-corrected chi connectivity index (χ1v) is 9.86. The molecular weight excluding hydrogens is 464 g/mol. The molecule has 0 atom stereocenters. The van der Waals surface area contributed by atoms with E-state index in [-0.39, 0.29) is 5.69 Å². The van der Waals surface area contributed by atoms with Crippen molar-refractivity contribution in [2.45, 2.75) is 6.92 Å². The fourth-order valence-corrected chi connectivity index (χ4v) is 2.79. The monoisotopic (exact) mass is 480 g/mol. The van der Waals surface area contributed by atoms with Gasteiger partial charge in [0.25, 0.3) is 5.69 Å². The minimum atomic E-state index is -0.460. The molecule has 9 heteroatoms. The predicted octanol–water partition coefficient (Wildman–Crippen LogP) is 4.98. The topological polar surface area (TPSA) is 106 Å². The summed E-state index contributed by atoms with van der Waals surface area (Å²) in [6.45, 7) is 1.33. The molecule has 0 heterocycles. The maximum Gasteiger partial charge on any atom is 0.308 e. The molecule has 3 rings (SSSR count). The van der Waals surface area contributed by atoms with Gasteiger partial charge in [0, 0.05) is 29.1 Å². The van der Waals surface area contributed by atoms with Crippen molar-refractivity contribution in [3.05, 3.63) is 98.5 Å². The summed E-state index contributed by atoms with van der Waals surface area (Å²) < 4.78 is 6.08. The highest BCUT2D eigenvalue weighted by molar-refractivity contribution is 9.10. The van der Waals surface area contributed by atoms with Crippen molar-refractivity contribution in [3.63, 3.8) is 0 Å². The number of carbonyl (C=O) groups is 1. The van der Waals surface area contributed by atoms with E-state index in [0.717, 1.165) is 4.47 Å². The zero-order valence-corrected chi connectivity index (χ0v) is 17.9. The molecule has 0 fully saturated rings. The fourth-order valence-electron chi connectivity index (χ4n) is 2.52. The Kier molecular flexibility index (Phi) is 7.23. The number of rotatable bonds is 6. The van der Waals surface area contributed by atoms with Crippen molar-refractivity contribution >= 4 is 45.3 Å². The van der Waals surface area contributed by atoms with Crippen LogP contribution in [0, 0.1) is 10.1 Å². The van der Waals surface area contributed by atoms with Crippen LogP contribution < -0.4 is 10.2 Å². The summed E-state index contributed by atoms with van der Waals surface area (Å²) in [5, 5.41) is 15.0. The molecule has 31 heavy (non-hydrogen) atoms. The number of nitrogens with one attached hydrogen (secondary N) is 1. The van der Waals surface area contributed by atoms with E-state index in [9.17, 15) is 14.9 Å². The zero-order valence-electron chi connectivity index (χ0n) is 16.4. The predicted molar refractivity (Wildman–Crippen MR) is 122 cm³/mol. The molecule has 3 aromatic carbocycles. The highest BCUT2D eigenvalue weighted by Gasteiger charge is 2.07. The number of ether oxygens (including phenoxy) is 1. The average molecular weight is 481 g/mol. The van der Waals surface area contributed by atoms with Gasteiger partial charge in [0.15, 0.2) is 5.84 Å². The highest BCUT2D eigenvalue weighted by atomic mass is 79.9. The average Bonchev–Trinajstić information content (AvgIpc) is 2.74.